The highest BCUT2D eigenvalue weighted by Crippen LogP contribution is 2.32. The Balaban J connectivity index is 1.50. The first kappa shape index (κ1) is 25.3. The summed E-state index contributed by atoms with van der Waals surface area (Å²) >= 11 is 0. The standard InChI is InChI=1S/C28H22FN3O5/c1-17-4-5-18(2)24(14-17)32-26(34)22-11-6-19(15-23(22)27(32)35)28(36)37-16-25(33)31(13-3-12-30)21-9-7-20(29)8-10-21/h4-11,14-15H,3,13,16H2,1-2H3. The number of nitrogens with zero attached hydrogens (tertiary/aromatic N) is 3. The molecule has 0 saturated carbocycles. The van der Waals surface area contributed by atoms with E-state index >= 15 is 0 Å². The molecule has 186 valence electrons. The van der Waals surface area contributed by atoms with Crippen molar-refractivity contribution < 1.29 is 28.3 Å². The topological polar surface area (TPSA) is 108 Å². The molecule has 1 aliphatic rings. The fourth-order valence-electron chi connectivity index (χ4n) is 4.02. The van der Waals surface area contributed by atoms with E-state index in [2.05, 4.69) is 0 Å². The van der Waals surface area contributed by atoms with Crippen LogP contribution >= 0.6 is 0 Å². The molecule has 0 aliphatic carbocycles. The van der Waals surface area contributed by atoms with E-state index in [1.807, 2.05) is 25.1 Å². The average Bonchev–Trinajstić information content (AvgIpc) is 3.14. The molecule has 0 N–H and O–H groups in total. The minimum absolute atomic E-state index is 0.000807. The molecule has 0 radical (unpaired) electrons. The van der Waals surface area contributed by atoms with E-state index in [4.69, 9.17) is 10.00 Å². The Morgan fingerprint density at radius 3 is 2.38 bits per heavy atom. The molecule has 37 heavy (non-hydrogen) atoms. The van der Waals surface area contributed by atoms with Crippen molar-refractivity contribution in [2.45, 2.75) is 20.3 Å². The van der Waals surface area contributed by atoms with E-state index in [0.29, 0.717) is 11.4 Å². The van der Waals surface area contributed by atoms with Gasteiger partial charge in [-0.25, -0.2) is 14.1 Å². The number of ether oxygens (including phenoxy) is 1. The van der Waals surface area contributed by atoms with Crippen LogP contribution in [0, 0.1) is 31.0 Å². The highest BCUT2D eigenvalue weighted by atomic mass is 19.1. The fourth-order valence-corrected chi connectivity index (χ4v) is 4.02. The van der Waals surface area contributed by atoms with Crippen LogP contribution in [-0.4, -0.2) is 36.8 Å². The summed E-state index contributed by atoms with van der Waals surface area (Å²) in [5.74, 6) is -3.00. The molecule has 8 nitrogen and oxygen atoms in total. The Morgan fingerprint density at radius 2 is 1.68 bits per heavy atom. The second-order valence-electron chi connectivity index (χ2n) is 8.50. The van der Waals surface area contributed by atoms with E-state index in [1.165, 1.54) is 47.4 Å². The second-order valence-corrected chi connectivity index (χ2v) is 8.50. The Hall–Kier alpha value is -4.84. The lowest BCUT2D eigenvalue weighted by Gasteiger charge is -2.21. The third-order valence-corrected chi connectivity index (χ3v) is 5.94. The third kappa shape index (κ3) is 5.09. The van der Waals surface area contributed by atoms with Gasteiger partial charge in [0, 0.05) is 12.2 Å². The second kappa shape index (κ2) is 10.4. The Morgan fingerprint density at radius 1 is 0.973 bits per heavy atom. The molecule has 4 rings (SSSR count). The number of carbonyl (C=O) groups is 4. The summed E-state index contributed by atoms with van der Waals surface area (Å²) in [7, 11) is 0. The van der Waals surface area contributed by atoms with Crippen molar-refractivity contribution in [3.05, 3.63) is 94.3 Å². The van der Waals surface area contributed by atoms with Gasteiger partial charge in [-0.15, -0.1) is 0 Å². The first-order chi connectivity index (χ1) is 17.7. The number of halogens is 1. The number of rotatable bonds is 7. The number of esters is 1. The number of hydrogen-bond donors (Lipinski definition) is 0. The third-order valence-electron chi connectivity index (χ3n) is 5.94. The summed E-state index contributed by atoms with van der Waals surface area (Å²) in [5.41, 5.74) is 2.69. The quantitative estimate of drug-likeness (QED) is 0.353. The van der Waals surface area contributed by atoms with Crippen molar-refractivity contribution in [1.29, 1.82) is 5.26 Å². The lowest BCUT2D eigenvalue weighted by atomic mass is 10.1. The minimum Gasteiger partial charge on any atom is -0.452 e. The molecule has 9 heteroatoms. The van der Waals surface area contributed by atoms with Gasteiger partial charge in [-0.3, -0.25) is 14.4 Å². The molecule has 0 aromatic heterocycles. The molecule has 0 atom stereocenters. The predicted molar refractivity (Wildman–Crippen MR) is 133 cm³/mol. The zero-order chi connectivity index (χ0) is 26.7. The van der Waals surface area contributed by atoms with Crippen LogP contribution in [0.15, 0.2) is 60.7 Å². The first-order valence-electron chi connectivity index (χ1n) is 11.4. The summed E-state index contributed by atoms with van der Waals surface area (Å²) < 4.78 is 18.4. The van der Waals surface area contributed by atoms with Crippen LogP contribution in [-0.2, 0) is 9.53 Å². The lowest BCUT2D eigenvalue weighted by Crippen LogP contribution is -2.35. The number of nitriles is 1. The first-order valence-corrected chi connectivity index (χ1v) is 11.4. The van der Waals surface area contributed by atoms with Gasteiger partial charge in [-0.2, -0.15) is 5.26 Å². The lowest BCUT2D eigenvalue weighted by molar-refractivity contribution is -0.121. The van der Waals surface area contributed by atoms with Crippen molar-refractivity contribution in [2.24, 2.45) is 0 Å². The summed E-state index contributed by atoms with van der Waals surface area (Å²) in [6.45, 7) is 3.04. The number of aryl methyl sites for hydroxylation is 2. The monoisotopic (exact) mass is 499 g/mol. The number of benzene rings is 3. The van der Waals surface area contributed by atoms with Gasteiger partial charge in [0.1, 0.15) is 5.82 Å². The Bertz CT molecular complexity index is 1460. The molecular formula is C28H22FN3O5. The van der Waals surface area contributed by atoms with Gasteiger partial charge in [0.2, 0.25) is 0 Å². The molecule has 3 aromatic carbocycles. The number of imide groups is 1. The number of fused-ring (bicyclic) bond motifs is 1. The summed E-state index contributed by atoms with van der Waals surface area (Å²) in [6.07, 6.45) is 0.0228. The molecule has 0 fully saturated rings. The average molecular weight is 499 g/mol. The maximum atomic E-state index is 13.3. The van der Waals surface area contributed by atoms with Gasteiger partial charge in [0.15, 0.2) is 6.61 Å². The number of carbonyl (C=O) groups excluding carboxylic acids is 4. The minimum atomic E-state index is -0.860. The van der Waals surface area contributed by atoms with Crippen LogP contribution in [0.4, 0.5) is 15.8 Å². The van der Waals surface area contributed by atoms with Crippen LogP contribution in [0.5, 0.6) is 0 Å². The molecule has 0 spiro atoms. The summed E-state index contributed by atoms with van der Waals surface area (Å²) in [5, 5.41) is 8.90. The van der Waals surface area contributed by atoms with Crippen molar-refractivity contribution in [3.63, 3.8) is 0 Å². The smallest absolute Gasteiger partial charge is 0.338 e. The SMILES string of the molecule is Cc1ccc(C)c(N2C(=O)c3ccc(C(=O)OCC(=O)N(CCC#N)c4ccc(F)cc4)cc3C2=O)c1. The zero-order valence-electron chi connectivity index (χ0n) is 20.2. The van der Waals surface area contributed by atoms with Crippen molar-refractivity contribution in [2.75, 3.05) is 23.0 Å². The summed E-state index contributed by atoms with van der Waals surface area (Å²) in [4.78, 5) is 53.9. The summed E-state index contributed by atoms with van der Waals surface area (Å²) in [6, 6.07) is 16.5. The maximum absolute atomic E-state index is 13.3. The van der Waals surface area contributed by atoms with Gasteiger partial charge in [-0.1, -0.05) is 12.1 Å². The van der Waals surface area contributed by atoms with E-state index in [-0.39, 0.29) is 29.7 Å². The molecule has 0 saturated heterocycles. The zero-order valence-corrected chi connectivity index (χ0v) is 20.2. The van der Waals surface area contributed by atoms with Crippen molar-refractivity contribution in [3.8, 4) is 6.07 Å². The van der Waals surface area contributed by atoms with Gasteiger partial charge in [0.25, 0.3) is 17.7 Å². The number of hydrogen-bond acceptors (Lipinski definition) is 6. The van der Waals surface area contributed by atoms with Gasteiger partial charge in [0.05, 0.1) is 34.9 Å². The van der Waals surface area contributed by atoms with Gasteiger partial charge in [-0.05, 0) is 73.5 Å². The van der Waals surface area contributed by atoms with Crippen molar-refractivity contribution >= 4 is 35.1 Å². The van der Waals surface area contributed by atoms with E-state index in [9.17, 15) is 23.6 Å². The van der Waals surface area contributed by atoms with E-state index < -0.39 is 36.1 Å². The van der Waals surface area contributed by atoms with Crippen LogP contribution in [0.1, 0.15) is 48.6 Å². The van der Waals surface area contributed by atoms with Crippen LogP contribution in [0.2, 0.25) is 0 Å². The molecule has 0 bridgehead atoms. The number of amides is 3. The molecule has 0 unspecified atom stereocenters. The van der Waals surface area contributed by atoms with E-state index in [1.54, 1.807) is 13.0 Å². The highest BCUT2D eigenvalue weighted by molar-refractivity contribution is 6.35. The molecule has 3 amide bonds. The molecular weight excluding hydrogens is 477 g/mol. The molecule has 1 heterocycles. The van der Waals surface area contributed by atoms with E-state index in [0.717, 1.165) is 16.0 Å². The van der Waals surface area contributed by atoms with Gasteiger partial charge >= 0.3 is 5.97 Å². The van der Waals surface area contributed by atoms with Crippen LogP contribution in [0.25, 0.3) is 0 Å². The molecule has 1 aliphatic heterocycles. The Kier molecular flexibility index (Phi) is 7.11. The highest BCUT2D eigenvalue weighted by Gasteiger charge is 2.38. The largest absolute Gasteiger partial charge is 0.452 e. The maximum Gasteiger partial charge on any atom is 0.338 e. The van der Waals surface area contributed by atoms with Crippen LogP contribution in [0.3, 0.4) is 0 Å². The van der Waals surface area contributed by atoms with Crippen molar-refractivity contribution in [1.82, 2.24) is 0 Å². The predicted octanol–water partition coefficient (Wildman–Crippen LogP) is 4.35. The fraction of sp³-hybridized carbons (Fsp3) is 0.179. The normalized spacial score (nSPS) is 12.2. The number of anilines is 2. The Labute approximate surface area is 212 Å². The molecule has 3 aromatic rings. The van der Waals surface area contributed by atoms with Gasteiger partial charge < -0.3 is 9.64 Å². The van der Waals surface area contributed by atoms with Crippen LogP contribution < -0.4 is 9.80 Å².